The van der Waals surface area contributed by atoms with E-state index in [1.165, 1.54) is 13.0 Å². The summed E-state index contributed by atoms with van der Waals surface area (Å²) in [7, 11) is 0. The second-order valence-corrected chi connectivity index (χ2v) is 7.43. The minimum Gasteiger partial charge on any atom is -0.352 e. The number of carbonyl (C=O) groups is 5. The lowest BCUT2D eigenvalue weighted by atomic mass is 9.89. The van der Waals surface area contributed by atoms with Gasteiger partial charge < -0.3 is 5.32 Å². The van der Waals surface area contributed by atoms with Gasteiger partial charge in [0.1, 0.15) is 5.54 Å². The van der Waals surface area contributed by atoms with Gasteiger partial charge in [-0.2, -0.15) is 0 Å². The SMILES string of the molecule is CC1(N2C(=O)c3cccc(CNC(=O)C4CC4)c3C2=O)CCC(=O)NC1=O. The molecule has 140 valence electrons. The number of hydrogen-bond donors (Lipinski definition) is 2. The van der Waals surface area contributed by atoms with Gasteiger partial charge in [-0.3, -0.25) is 34.2 Å². The maximum absolute atomic E-state index is 13.1. The molecular formula is C19H19N3O5. The Morgan fingerprint density at radius 2 is 1.96 bits per heavy atom. The van der Waals surface area contributed by atoms with Gasteiger partial charge in [0.05, 0.1) is 11.1 Å². The van der Waals surface area contributed by atoms with Crippen molar-refractivity contribution in [2.45, 2.75) is 44.7 Å². The van der Waals surface area contributed by atoms with Gasteiger partial charge in [0, 0.05) is 18.9 Å². The Hall–Kier alpha value is -3.03. The number of carbonyl (C=O) groups excluding carboxylic acids is 5. The van der Waals surface area contributed by atoms with Crippen molar-refractivity contribution in [1.82, 2.24) is 15.5 Å². The predicted octanol–water partition coefficient (Wildman–Crippen LogP) is 0.504. The van der Waals surface area contributed by atoms with Crippen molar-refractivity contribution in [2.24, 2.45) is 5.92 Å². The molecule has 1 atom stereocenters. The molecule has 2 N–H and O–H groups in total. The molecule has 1 saturated heterocycles. The molecule has 5 amide bonds. The molecule has 27 heavy (non-hydrogen) atoms. The van der Waals surface area contributed by atoms with Crippen molar-refractivity contribution >= 4 is 29.5 Å². The maximum atomic E-state index is 13.1. The Balaban J connectivity index is 1.64. The first kappa shape index (κ1) is 17.4. The van der Waals surface area contributed by atoms with E-state index in [0.717, 1.165) is 17.7 Å². The minimum atomic E-state index is -1.42. The highest BCUT2D eigenvalue weighted by molar-refractivity contribution is 6.24. The number of hydrogen-bond acceptors (Lipinski definition) is 5. The van der Waals surface area contributed by atoms with Crippen molar-refractivity contribution in [3.8, 4) is 0 Å². The number of benzene rings is 1. The fourth-order valence-electron chi connectivity index (χ4n) is 3.63. The van der Waals surface area contributed by atoms with Crippen LogP contribution in [-0.2, 0) is 20.9 Å². The average molecular weight is 369 g/mol. The molecule has 0 radical (unpaired) electrons. The van der Waals surface area contributed by atoms with Crippen LogP contribution in [0.5, 0.6) is 0 Å². The number of nitrogens with zero attached hydrogens (tertiary/aromatic N) is 1. The molecule has 0 spiro atoms. The van der Waals surface area contributed by atoms with Gasteiger partial charge in [-0.25, -0.2) is 0 Å². The molecule has 1 saturated carbocycles. The van der Waals surface area contributed by atoms with Crippen molar-refractivity contribution in [3.05, 3.63) is 34.9 Å². The molecule has 2 fully saturated rings. The molecule has 3 aliphatic rings. The Kier molecular flexibility index (Phi) is 3.87. The van der Waals surface area contributed by atoms with Gasteiger partial charge in [-0.15, -0.1) is 0 Å². The highest BCUT2D eigenvalue weighted by atomic mass is 16.2. The van der Waals surface area contributed by atoms with Gasteiger partial charge in [-0.1, -0.05) is 12.1 Å². The lowest BCUT2D eigenvalue weighted by Gasteiger charge is -2.38. The first-order valence-electron chi connectivity index (χ1n) is 8.95. The molecule has 4 rings (SSSR count). The van der Waals surface area contributed by atoms with Crippen molar-refractivity contribution < 1.29 is 24.0 Å². The standard InChI is InChI=1S/C19H19N3O5/c1-19(8-7-13(23)21-18(19)27)22-16(25)12-4-2-3-11(14(12)17(22)26)9-20-15(24)10-5-6-10/h2-4,10H,5-9H2,1H3,(H,20,24)(H,21,23,27). The number of piperidine rings is 1. The zero-order chi connectivity index (χ0) is 19.3. The lowest BCUT2D eigenvalue weighted by Crippen LogP contribution is -2.62. The second-order valence-electron chi connectivity index (χ2n) is 7.43. The van der Waals surface area contributed by atoms with E-state index in [1.54, 1.807) is 12.1 Å². The average Bonchev–Trinajstić information content (AvgIpc) is 3.44. The van der Waals surface area contributed by atoms with E-state index in [2.05, 4.69) is 10.6 Å². The summed E-state index contributed by atoms with van der Waals surface area (Å²) >= 11 is 0. The van der Waals surface area contributed by atoms with E-state index >= 15 is 0 Å². The molecule has 2 heterocycles. The molecule has 8 heteroatoms. The summed E-state index contributed by atoms with van der Waals surface area (Å²) in [6.45, 7) is 1.64. The van der Waals surface area contributed by atoms with Crippen LogP contribution in [-0.4, -0.2) is 40.0 Å². The smallest absolute Gasteiger partial charge is 0.262 e. The van der Waals surface area contributed by atoms with Crippen molar-refractivity contribution in [3.63, 3.8) is 0 Å². The fraction of sp³-hybridized carbons (Fsp3) is 0.421. The summed E-state index contributed by atoms with van der Waals surface area (Å²) < 4.78 is 0. The highest BCUT2D eigenvalue weighted by Gasteiger charge is 2.53. The molecule has 0 aromatic heterocycles. The zero-order valence-electron chi connectivity index (χ0n) is 14.8. The zero-order valence-corrected chi connectivity index (χ0v) is 14.8. The van der Waals surface area contributed by atoms with Gasteiger partial charge in [0.25, 0.3) is 17.7 Å². The topological polar surface area (TPSA) is 113 Å². The molecule has 1 aromatic carbocycles. The Morgan fingerprint density at radius 1 is 1.22 bits per heavy atom. The highest BCUT2D eigenvalue weighted by Crippen LogP contribution is 2.35. The molecule has 1 aliphatic carbocycles. The van der Waals surface area contributed by atoms with E-state index in [9.17, 15) is 24.0 Å². The number of rotatable bonds is 4. The summed E-state index contributed by atoms with van der Waals surface area (Å²) in [5.41, 5.74) is -0.456. The van der Waals surface area contributed by atoms with E-state index in [-0.39, 0.29) is 42.3 Å². The third kappa shape index (κ3) is 2.72. The summed E-state index contributed by atoms with van der Waals surface area (Å²) in [6, 6.07) is 4.88. The first-order valence-corrected chi connectivity index (χ1v) is 8.95. The lowest BCUT2D eigenvalue weighted by molar-refractivity contribution is -0.141. The summed E-state index contributed by atoms with van der Waals surface area (Å²) in [5, 5.41) is 5.01. The van der Waals surface area contributed by atoms with Crippen LogP contribution in [0, 0.1) is 5.92 Å². The Bertz CT molecular complexity index is 905. The van der Waals surface area contributed by atoms with Crippen LogP contribution in [0.15, 0.2) is 18.2 Å². The second kappa shape index (κ2) is 6.00. The number of imide groups is 2. The van der Waals surface area contributed by atoms with Crippen LogP contribution >= 0.6 is 0 Å². The van der Waals surface area contributed by atoms with E-state index in [0.29, 0.717) is 5.56 Å². The number of amides is 5. The minimum absolute atomic E-state index is 0.0398. The largest absolute Gasteiger partial charge is 0.352 e. The third-order valence-electron chi connectivity index (χ3n) is 5.48. The van der Waals surface area contributed by atoms with Crippen LogP contribution in [0.25, 0.3) is 0 Å². The normalized spacial score (nSPS) is 24.7. The van der Waals surface area contributed by atoms with Crippen LogP contribution in [0.2, 0.25) is 0 Å². The summed E-state index contributed by atoms with van der Waals surface area (Å²) in [6.07, 6.45) is 1.88. The predicted molar refractivity (Wildman–Crippen MR) is 92.3 cm³/mol. The van der Waals surface area contributed by atoms with Gasteiger partial charge >= 0.3 is 0 Å². The van der Waals surface area contributed by atoms with E-state index < -0.39 is 29.2 Å². The summed E-state index contributed by atoms with van der Waals surface area (Å²) in [4.78, 5) is 62.7. The molecule has 1 aromatic rings. The van der Waals surface area contributed by atoms with Crippen LogP contribution in [0.1, 0.15) is 58.9 Å². The van der Waals surface area contributed by atoms with Crippen molar-refractivity contribution in [2.75, 3.05) is 0 Å². The molecule has 1 unspecified atom stereocenters. The quantitative estimate of drug-likeness (QED) is 0.751. The van der Waals surface area contributed by atoms with E-state index in [4.69, 9.17) is 0 Å². The van der Waals surface area contributed by atoms with E-state index in [1.807, 2.05) is 0 Å². The Morgan fingerprint density at radius 3 is 2.63 bits per heavy atom. The summed E-state index contributed by atoms with van der Waals surface area (Å²) in [5.74, 6) is -2.22. The monoisotopic (exact) mass is 369 g/mol. The maximum Gasteiger partial charge on any atom is 0.262 e. The molecular weight excluding hydrogens is 350 g/mol. The van der Waals surface area contributed by atoms with Crippen LogP contribution in [0.4, 0.5) is 0 Å². The van der Waals surface area contributed by atoms with Gasteiger partial charge in [0.15, 0.2) is 0 Å². The van der Waals surface area contributed by atoms with Crippen LogP contribution < -0.4 is 10.6 Å². The first-order chi connectivity index (χ1) is 12.8. The molecule has 0 bridgehead atoms. The van der Waals surface area contributed by atoms with Crippen molar-refractivity contribution in [1.29, 1.82) is 0 Å². The molecule has 2 aliphatic heterocycles. The van der Waals surface area contributed by atoms with Crippen LogP contribution in [0.3, 0.4) is 0 Å². The Labute approximate surface area is 155 Å². The molecule has 8 nitrogen and oxygen atoms in total. The fourth-order valence-corrected chi connectivity index (χ4v) is 3.63. The number of nitrogens with one attached hydrogen (secondary N) is 2. The third-order valence-corrected chi connectivity index (χ3v) is 5.48. The number of fused-ring (bicyclic) bond motifs is 1. The van der Waals surface area contributed by atoms with Gasteiger partial charge in [0.2, 0.25) is 11.8 Å². The van der Waals surface area contributed by atoms with Gasteiger partial charge in [-0.05, 0) is 37.8 Å².